The Morgan fingerprint density at radius 2 is 2.56 bits per heavy atom. The minimum atomic E-state index is 0.000000000000000222. The van der Waals surface area contributed by atoms with E-state index in [1.165, 1.54) is 12.2 Å². The highest BCUT2D eigenvalue weighted by molar-refractivity contribution is 8.01. The van der Waals surface area contributed by atoms with Crippen molar-refractivity contribution < 1.29 is 0 Å². The van der Waals surface area contributed by atoms with Crippen LogP contribution >= 0.6 is 11.8 Å². The van der Waals surface area contributed by atoms with Gasteiger partial charge in [-0.05, 0) is 25.0 Å². The lowest BCUT2D eigenvalue weighted by molar-refractivity contribution is 0.655. The van der Waals surface area contributed by atoms with E-state index >= 15 is 0 Å². The van der Waals surface area contributed by atoms with Crippen LogP contribution in [0, 0.1) is 11.3 Å². The second kappa shape index (κ2) is 2.62. The van der Waals surface area contributed by atoms with Gasteiger partial charge in [0.1, 0.15) is 4.75 Å². The molecule has 1 saturated heterocycles. The van der Waals surface area contributed by atoms with Gasteiger partial charge in [-0.15, -0.1) is 11.8 Å². The van der Waals surface area contributed by atoms with Gasteiger partial charge in [-0.3, -0.25) is 0 Å². The Bertz CT molecular complexity index is 130. The van der Waals surface area contributed by atoms with Gasteiger partial charge in [-0.1, -0.05) is 6.92 Å². The van der Waals surface area contributed by atoms with E-state index in [2.05, 4.69) is 13.0 Å². The lowest BCUT2D eigenvalue weighted by Crippen LogP contribution is -2.15. The van der Waals surface area contributed by atoms with E-state index in [0.29, 0.717) is 0 Å². The minimum absolute atomic E-state index is 0.000000000000000222. The normalized spacial score (nSPS) is 34.2. The first-order valence-electron chi connectivity index (χ1n) is 3.38. The molecule has 1 atom stereocenters. The monoisotopic (exact) mass is 141 g/mol. The predicted molar refractivity (Wildman–Crippen MR) is 40.3 cm³/mol. The van der Waals surface area contributed by atoms with Crippen molar-refractivity contribution in [3.8, 4) is 6.07 Å². The summed E-state index contributed by atoms with van der Waals surface area (Å²) >= 11 is 1.83. The predicted octanol–water partition coefficient (Wildman–Crippen LogP) is 2.19. The van der Waals surface area contributed by atoms with Crippen molar-refractivity contribution >= 4 is 11.8 Å². The van der Waals surface area contributed by atoms with Crippen LogP contribution < -0.4 is 0 Å². The summed E-state index contributed by atoms with van der Waals surface area (Å²) in [7, 11) is 0. The summed E-state index contributed by atoms with van der Waals surface area (Å²) in [4.78, 5) is 0. The second-order valence-electron chi connectivity index (χ2n) is 2.41. The molecule has 50 valence electrons. The third kappa shape index (κ3) is 1.21. The fourth-order valence-electron chi connectivity index (χ4n) is 1.14. The zero-order valence-electron chi connectivity index (χ0n) is 5.68. The fraction of sp³-hybridized carbons (Fsp3) is 0.857. The number of nitriles is 1. The Labute approximate surface area is 60.4 Å². The van der Waals surface area contributed by atoms with E-state index in [1.54, 1.807) is 0 Å². The maximum Gasteiger partial charge on any atom is 0.102 e. The van der Waals surface area contributed by atoms with Crippen LogP contribution in [0.4, 0.5) is 0 Å². The topological polar surface area (TPSA) is 23.8 Å². The Balaban J connectivity index is 2.59. The molecule has 1 aliphatic rings. The van der Waals surface area contributed by atoms with Crippen LogP contribution in [0.25, 0.3) is 0 Å². The van der Waals surface area contributed by atoms with Gasteiger partial charge in [0.25, 0.3) is 0 Å². The third-order valence-electron chi connectivity index (χ3n) is 1.88. The molecule has 0 aromatic carbocycles. The molecule has 0 aromatic heterocycles. The Hall–Kier alpha value is -0.160. The molecule has 0 N–H and O–H groups in total. The summed E-state index contributed by atoms with van der Waals surface area (Å²) < 4.78 is 0.000000000000000222. The van der Waals surface area contributed by atoms with E-state index in [4.69, 9.17) is 5.26 Å². The highest BCUT2D eigenvalue weighted by Crippen LogP contribution is 2.39. The number of nitrogens with zero attached hydrogens (tertiary/aromatic N) is 1. The lowest BCUT2D eigenvalue weighted by atomic mass is 10.0. The fourth-order valence-corrected chi connectivity index (χ4v) is 2.38. The molecule has 2 heteroatoms. The molecule has 0 saturated carbocycles. The molecule has 1 nitrogen and oxygen atoms in total. The summed E-state index contributed by atoms with van der Waals surface area (Å²) in [6.45, 7) is 2.10. The average molecular weight is 141 g/mol. The van der Waals surface area contributed by atoms with Gasteiger partial charge in [0.05, 0.1) is 6.07 Å². The maximum atomic E-state index is 8.75. The zero-order valence-corrected chi connectivity index (χ0v) is 6.50. The standard InChI is InChI=1S/C7H11NS/c1-2-7(6-8)4-3-5-9-7/h2-5H2,1H3. The van der Waals surface area contributed by atoms with Crippen LogP contribution in [0.1, 0.15) is 26.2 Å². The van der Waals surface area contributed by atoms with Crippen molar-refractivity contribution in [2.45, 2.75) is 30.9 Å². The van der Waals surface area contributed by atoms with Crippen molar-refractivity contribution in [2.75, 3.05) is 5.75 Å². The van der Waals surface area contributed by atoms with Crippen molar-refractivity contribution in [3.63, 3.8) is 0 Å². The summed E-state index contributed by atoms with van der Waals surface area (Å²) in [5.41, 5.74) is 0. The van der Waals surface area contributed by atoms with E-state index in [1.807, 2.05) is 11.8 Å². The van der Waals surface area contributed by atoms with E-state index in [-0.39, 0.29) is 4.75 Å². The Kier molecular flexibility index (Phi) is 2.02. The quantitative estimate of drug-likeness (QED) is 0.559. The van der Waals surface area contributed by atoms with Crippen LogP contribution in [0.5, 0.6) is 0 Å². The van der Waals surface area contributed by atoms with Crippen molar-refractivity contribution in [3.05, 3.63) is 0 Å². The number of thioether (sulfide) groups is 1. The summed E-state index contributed by atoms with van der Waals surface area (Å²) in [6.07, 6.45) is 3.34. The molecule has 1 heterocycles. The SMILES string of the molecule is CCC1(C#N)CCCS1. The van der Waals surface area contributed by atoms with Crippen LogP contribution in [-0.2, 0) is 0 Å². The van der Waals surface area contributed by atoms with Crippen molar-refractivity contribution in [1.29, 1.82) is 5.26 Å². The minimum Gasteiger partial charge on any atom is -0.197 e. The van der Waals surface area contributed by atoms with Crippen molar-refractivity contribution in [2.24, 2.45) is 0 Å². The van der Waals surface area contributed by atoms with Gasteiger partial charge < -0.3 is 0 Å². The summed E-state index contributed by atoms with van der Waals surface area (Å²) in [6, 6.07) is 2.39. The molecule has 1 fully saturated rings. The third-order valence-corrected chi connectivity index (χ3v) is 3.51. The van der Waals surface area contributed by atoms with Crippen LogP contribution in [0.2, 0.25) is 0 Å². The molecular formula is C7H11NS. The molecule has 0 aromatic rings. The molecule has 0 spiro atoms. The molecule has 1 unspecified atom stereocenters. The van der Waals surface area contributed by atoms with E-state index in [9.17, 15) is 0 Å². The van der Waals surface area contributed by atoms with Crippen LogP contribution in [-0.4, -0.2) is 10.5 Å². The smallest absolute Gasteiger partial charge is 0.102 e. The van der Waals surface area contributed by atoms with Gasteiger partial charge in [0, 0.05) is 0 Å². The first-order chi connectivity index (χ1) is 4.33. The Morgan fingerprint density at radius 1 is 1.78 bits per heavy atom. The molecule has 1 aliphatic heterocycles. The second-order valence-corrected chi connectivity index (χ2v) is 3.89. The van der Waals surface area contributed by atoms with Crippen molar-refractivity contribution in [1.82, 2.24) is 0 Å². The van der Waals surface area contributed by atoms with Gasteiger partial charge in [-0.25, -0.2) is 0 Å². The largest absolute Gasteiger partial charge is 0.197 e. The summed E-state index contributed by atoms with van der Waals surface area (Å²) in [5.74, 6) is 1.18. The van der Waals surface area contributed by atoms with Gasteiger partial charge >= 0.3 is 0 Å². The molecule has 9 heavy (non-hydrogen) atoms. The van der Waals surface area contributed by atoms with Crippen LogP contribution in [0.3, 0.4) is 0 Å². The highest BCUT2D eigenvalue weighted by Gasteiger charge is 2.32. The van der Waals surface area contributed by atoms with E-state index < -0.39 is 0 Å². The molecule has 0 aliphatic carbocycles. The molecule has 0 radical (unpaired) electrons. The first kappa shape index (κ1) is 6.95. The molecule has 0 bridgehead atoms. The van der Waals surface area contributed by atoms with Gasteiger partial charge in [0.15, 0.2) is 0 Å². The zero-order chi connectivity index (χ0) is 6.74. The number of hydrogen-bond acceptors (Lipinski definition) is 2. The lowest BCUT2D eigenvalue weighted by Gasteiger charge is -2.14. The van der Waals surface area contributed by atoms with Crippen LogP contribution in [0.15, 0.2) is 0 Å². The molecule has 1 rings (SSSR count). The highest BCUT2D eigenvalue weighted by atomic mass is 32.2. The maximum absolute atomic E-state index is 8.75. The number of hydrogen-bond donors (Lipinski definition) is 0. The molecule has 0 amide bonds. The average Bonchev–Trinajstić information content (AvgIpc) is 2.36. The first-order valence-corrected chi connectivity index (χ1v) is 4.37. The number of rotatable bonds is 1. The van der Waals surface area contributed by atoms with E-state index in [0.717, 1.165) is 12.8 Å². The van der Waals surface area contributed by atoms with Gasteiger partial charge in [0.2, 0.25) is 0 Å². The summed E-state index contributed by atoms with van der Waals surface area (Å²) in [5, 5.41) is 8.75. The Morgan fingerprint density at radius 3 is 2.78 bits per heavy atom. The van der Waals surface area contributed by atoms with Gasteiger partial charge in [-0.2, -0.15) is 5.26 Å². The molecular weight excluding hydrogens is 130 g/mol.